The molecule has 1 heterocycles. The second kappa shape index (κ2) is 6.30. The Bertz CT molecular complexity index is 594. The van der Waals surface area contributed by atoms with Crippen LogP contribution in [0.4, 0.5) is 0 Å². The molecule has 0 saturated carbocycles. The number of benzene rings is 1. The molecule has 0 aliphatic carbocycles. The average Bonchev–Trinajstić information content (AvgIpc) is 2.48. The molecule has 0 fully saturated rings. The summed E-state index contributed by atoms with van der Waals surface area (Å²) in [6.07, 6.45) is 0.0685. The molecule has 0 radical (unpaired) electrons. The minimum absolute atomic E-state index is 0.0685. The van der Waals surface area contributed by atoms with Crippen molar-refractivity contribution < 1.29 is 9.53 Å². The molecule has 2 aromatic rings. The van der Waals surface area contributed by atoms with E-state index in [1.54, 1.807) is 12.1 Å². The van der Waals surface area contributed by atoms with Gasteiger partial charge in [-0.3, -0.25) is 4.79 Å². The summed E-state index contributed by atoms with van der Waals surface area (Å²) in [5.74, 6) is -0.520. The van der Waals surface area contributed by atoms with E-state index in [9.17, 15) is 4.79 Å². The number of nitrogens with zero attached hydrogens (tertiary/aromatic N) is 1. The molecule has 0 bridgehead atoms. The maximum atomic E-state index is 11.1. The van der Waals surface area contributed by atoms with Gasteiger partial charge < -0.3 is 10.5 Å². The van der Waals surface area contributed by atoms with Crippen molar-refractivity contribution in [2.45, 2.75) is 20.0 Å². The van der Waals surface area contributed by atoms with Crippen LogP contribution < -0.4 is 5.73 Å². The lowest BCUT2D eigenvalue weighted by atomic mass is 10.1. The van der Waals surface area contributed by atoms with Gasteiger partial charge in [0.2, 0.25) is 0 Å². The summed E-state index contributed by atoms with van der Waals surface area (Å²) >= 11 is 0. The molecule has 1 aromatic carbocycles. The van der Waals surface area contributed by atoms with E-state index in [-0.39, 0.29) is 11.8 Å². The lowest BCUT2D eigenvalue weighted by Crippen LogP contribution is -2.13. The fourth-order valence-corrected chi connectivity index (χ4v) is 2.00. The topological polar surface area (TPSA) is 65.2 Å². The highest BCUT2D eigenvalue weighted by atomic mass is 16.5. The van der Waals surface area contributed by atoms with Crippen molar-refractivity contribution >= 4 is 5.91 Å². The van der Waals surface area contributed by atoms with Crippen molar-refractivity contribution in [3.63, 3.8) is 0 Å². The van der Waals surface area contributed by atoms with Gasteiger partial charge in [0.15, 0.2) is 0 Å². The van der Waals surface area contributed by atoms with Gasteiger partial charge in [0, 0.05) is 12.2 Å². The molecule has 0 unspecified atom stereocenters. The third-order valence-corrected chi connectivity index (χ3v) is 3.09. The van der Waals surface area contributed by atoms with E-state index < -0.39 is 5.91 Å². The monoisotopic (exact) mass is 270 g/mol. The fraction of sp³-hybridized carbons (Fsp3) is 0.250. The largest absolute Gasteiger partial charge is 0.374 e. The van der Waals surface area contributed by atoms with E-state index in [1.165, 1.54) is 0 Å². The van der Waals surface area contributed by atoms with Crippen molar-refractivity contribution in [1.29, 1.82) is 0 Å². The number of primary amides is 1. The lowest BCUT2D eigenvalue weighted by molar-refractivity contribution is 0.0764. The van der Waals surface area contributed by atoms with Crippen molar-refractivity contribution in [3.8, 4) is 11.3 Å². The number of pyridine rings is 1. The fourth-order valence-electron chi connectivity index (χ4n) is 2.00. The molecule has 104 valence electrons. The van der Waals surface area contributed by atoms with Crippen molar-refractivity contribution in [1.82, 2.24) is 4.98 Å². The molecule has 1 amide bonds. The molecule has 1 atom stereocenters. The summed E-state index contributed by atoms with van der Waals surface area (Å²) in [4.78, 5) is 15.4. The first-order chi connectivity index (χ1) is 9.61. The van der Waals surface area contributed by atoms with Crippen molar-refractivity contribution in [2.75, 3.05) is 6.61 Å². The Balaban J connectivity index is 2.26. The Labute approximate surface area is 118 Å². The first-order valence-electron chi connectivity index (χ1n) is 6.60. The number of amides is 1. The smallest absolute Gasteiger partial charge is 0.267 e. The normalized spacial score (nSPS) is 12.1. The SMILES string of the molecule is CCO[C@H](C)c1ccc(-c2cccc(C(N)=O)n2)cc1. The van der Waals surface area contributed by atoms with Gasteiger partial charge in [-0.1, -0.05) is 30.3 Å². The van der Waals surface area contributed by atoms with Crippen molar-refractivity contribution in [3.05, 3.63) is 53.7 Å². The highest BCUT2D eigenvalue weighted by Crippen LogP contribution is 2.22. The van der Waals surface area contributed by atoms with Gasteiger partial charge in [0.1, 0.15) is 5.69 Å². The van der Waals surface area contributed by atoms with Gasteiger partial charge in [-0.25, -0.2) is 4.98 Å². The number of carbonyl (C=O) groups excluding carboxylic acids is 1. The van der Waals surface area contributed by atoms with Crippen LogP contribution >= 0.6 is 0 Å². The third kappa shape index (κ3) is 3.22. The van der Waals surface area contributed by atoms with Gasteiger partial charge in [-0.2, -0.15) is 0 Å². The maximum Gasteiger partial charge on any atom is 0.267 e. The van der Waals surface area contributed by atoms with E-state index in [0.717, 1.165) is 16.8 Å². The number of ether oxygens (including phenoxy) is 1. The van der Waals surface area contributed by atoms with Gasteiger partial charge in [0.05, 0.1) is 11.8 Å². The molecule has 0 aliphatic rings. The number of hydrogen-bond acceptors (Lipinski definition) is 3. The first kappa shape index (κ1) is 14.2. The first-order valence-corrected chi connectivity index (χ1v) is 6.60. The minimum atomic E-state index is -0.520. The van der Waals surface area contributed by atoms with Crippen LogP contribution in [0, 0.1) is 0 Å². The summed E-state index contributed by atoms with van der Waals surface area (Å²) < 4.78 is 5.55. The van der Waals surface area contributed by atoms with Crippen LogP contribution in [0.1, 0.15) is 36.0 Å². The standard InChI is InChI=1S/C16H18N2O2/c1-3-20-11(2)12-7-9-13(10-8-12)14-5-4-6-15(18-14)16(17)19/h4-11H,3H2,1-2H3,(H2,17,19)/t11-/m1/s1. The highest BCUT2D eigenvalue weighted by molar-refractivity contribution is 5.91. The molecule has 4 nitrogen and oxygen atoms in total. The quantitative estimate of drug-likeness (QED) is 0.908. The maximum absolute atomic E-state index is 11.1. The van der Waals surface area contributed by atoms with Crippen LogP contribution in [-0.2, 0) is 4.74 Å². The summed E-state index contributed by atoms with van der Waals surface area (Å²) in [5.41, 5.74) is 8.30. The average molecular weight is 270 g/mol. The predicted molar refractivity (Wildman–Crippen MR) is 78.2 cm³/mol. The van der Waals surface area contributed by atoms with Crippen LogP contribution in [-0.4, -0.2) is 17.5 Å². The van der Waals surface area contributed by atoms with Gasteiger partial charge in [0.25, 0.3) is 5.91 Å². The summed E-state index contributed by atoms with van der Waals surface area (Å²) in [6.45, 7) is 4.68. The van der Waals surface area contributed by atoms with E-state index in [1.807, 2.05) is 44.2 Å². The van der Waals surface area contributed by atoms with E-state index >= 15 is 0 Å². The second-order valence-electron chi connectivity index (χ2n) is 4.49. The van der Waals surface area contributed by atoms with Gasteiger partial charge >= 0.3 is 0 Å². The Kier molecular flexibility index (Phi) is 4.48. The molecule has 1 aromatic heterocycles. The lowest BCUT2D eigenvalue weighted by Gasteiger charge is -2.12. The zero-order chi connectivity index (χ0) is 14.5. The minimum Gasteiger partial charge on any atom is -0.374 e. The summed E-state index contributed by atoms with van der Waals surface area (Å²) in [5, 5.41) is 0. The summed E-state index contributed by atoms with van der Waals surface area (Å²) in [7, 11) is 0. The second-order valence-corrected chi connectivity index (χ2v) is 4.49. The molecule has 0 saturated heterocycles. The van der Waals surface area contributed by atoms with Crippen LogP contribution in [0.2, 0.25) is 0 Å². The molecule has 20 heavy (non-hydrogen) atoms. The zero-order valence-corrected chi connectivity index (χ0v) is 11.7. The Morgan fingerprint density at radius 2 is 1.95 bits per heavy atom. The van der Waals surface area contributed by atoms with Gasteiger partial charge in [-0.05, 0) is 31.5 Å². The van der Waals surface area contributed by atoms with Crippen LogP contribution in [0.15, 0.2) is 42.5 Å². The Morgan fingerprint density at radius 3 is 2.55 bits per heavy atom. The molecule has 4 heteroatoms. The van der Waals surface area contributed by atoms with Crippen molar-refractivity contribution in [2.24, 2.45) is 5.73 Å². The van der Waals surface area contributed by atoms with Gasteiger partial charge in [-0.15, -0.1) is 0 Å². The molecular formula is C16H18N2O2. The molecule has 0 spiro atoms. The zero-order valence-electron chi connectivity index (χ0n) is 11.7. The van der Waals surface area contributed by atoms with E-state index in [4.69, 9.17) is 10.5 Å². The van der Waals surface area contributed by atoms with E-state index in [2.05, 4.69) is 4.98 Å². The summed E-state index contributed by atoms with van der Waals surface area (Å²) in [6, 6.07) is 13.2. The molecule has 0 aliphatic heterocycles. The molecule has 2 rings (SSSR count). The van der Waals surface area contributed by atoms with E-state index in [0.29, 0.717) is 6.61 Å². The number of aromatic nitrogens is 1. The van der Waals surface area contributed by atoms with Crippen LogP contribution in [0.5, 0.6) is 0 Å². The number of carbonyl (C=O) groups is 1. The third-order valence-electron chi connectivity index (χ3n) is 3.09. The number of hydrogen-bond donors (Lipinski definition) is 1. The predicted octanol–water partition coefficient (Wildman–Crippen LogP) is 2.95. The molecule has 2 N–H and O–H groups in total. The number of rotatable bonds is 5. The highest BCUT2D eigenvalue weighted by Gasteiger charge is 2.07. The Morgan fingerprint density at radius 1 is 1.25 bits per heavy atom. The Hall–Kier alpha value is -2.20. The van der Waals surface area contributed by atoms with Crippen LogP contribution in [0.3, 0.4) is 0 Å². The molecular weight excluding hydrogens is 252 g/mol. The van der Waals surface area contributed by atoms with Crippen LogP contribution in [0.25, 0.3) is 11.3 Å². The number of nitrogens with two attached hydrogens (primary N) is 1.